The Morgan fingerprint density at radius 3 is 2.72 bits per heavy atom. The van der Waals surface area contributed by atoms with Gasteiger partial charge in [0, 0.05) is 23.1 Å². The molecule has 29 heavy (non-hydrogen) atoms. The van der Waals surface area contributed by atoms with E-state index in [9.17, 15) is 5.26 Å². The van der Waals surface area contributed by atoms with E-state index in [0.717, 1.165) is 58.6 Å². The van der Waals surface area contributed by atoms with Crippen LogP contribution >= 0.6 is 0 Å². The van der Waals surface area contributed by atoms with Crippen LogP contribution in [0.3, 0.4) is 0 Å². The number of nitrogens with two attached hydrogens (primary N) is 1. The maximum absolute atomic E-state index is 9.50. The maximum atomic E-state index is 9.50. The fraction of sp³-hybridized carbons (Fsp3) is 0.217. The molecule has 1 aromatic carbocycles. The minimum absolute atomic E-state index is 0.419. The number of aromatic nitrogens is 4. The van der Waals surface area contributed by atoms with Crippen molar-refractivity contribution in [1.82, 2.24) is 19.7 Å². The van der Waals surface area contributed by atoms with E-state index in [2.05, 4.69) is 23.3 Å². The van der Waals surface area contributed by atoms with Gasteiger partial charge in [0.05, 0.1) is 34.6 Å². The minimum Gasteiger partial charge on any atom is -0.330 e. The summed E-state index contributed by atoms with van der Waals surface area (Å²) >= 11 is 0. The molecule has 1 aliphatic rings. The Labute approximate surface area is 168 Å². The van der Waals surface area contributed by atoms with E-state index in [1.165, 1.54) is 0 Å². The predicted molar refractivity (Wildman–Crippen MR) is 111 cm³/mol. The molecule has 1 aliphatic carbocycles. The molecule has 5 rings (SSSR count). The van der Waals surface area contributed by atoms with E-state index >= 15 is 0 Å². The average molecular weight is 380 g/mol. The molecule has 6 nitrogen and oxygen atoms in total. The number of fused-ring (bicyclic) bond motifs is 1. The lowest BCUT2D eigenvalue weighted by atomic mass is 10.0. The normalized spacial score (nSPS) is 14.6. The molecule has 6 heteroatoms. The summed E-state index contributed by atoms with van der Waals surface area (Å²) < 4.78 is 1.83. The van der Waals surface area contributed by atoms with Crippen LogP contribution in [0.25, 0.3) is 28.0 Å². The summed E-state index contributed by atoms with van der Waals surface area (Å²) in [5.74, 6) is 0.723. The van der Waals surface area contributed by atoms with Gasteiger partial charge in [-0.25, -0.2) is 9.67 Å². The molecular weight excluding hydrogens is 360 g/mol. The fourth-order valence-electron chi connectivity index (χ4n) is 3.65. The number of hydrogen-bond donors (Lipinski definition) is 1. The Hall–Kier alpha value is -3.56. The fourth-order valence-corrected chi connectivity index (χ4v) is 3.65. The van der Waals surface area contributed by atoms with E-state index in [1.54, 1.807) is 0 Å². The number of nitrogens with zero attached hydrogens (tertiary/aromatic N) is 5. The van der Waals surface area contributed by atoms with Gasteiger partial charge < -0.3 is 5.73 Å². The van der Waals surface area contributed by atoms with Crippen molar-refractivity contribution in [2.75, 3.05) is 6.54 Å². The van der Waals surface area contributed by atoms with Crippen LogP contribution in [0.5, 0.6) is 0 Å². The number of benzene rings is 1. The second kappa shape index (κ2) is 6.80. The lowest BCUT2D eigenvalue weighted by molar-refractivity contribution is 0.810. The van der Waals surface area contributed by atoms with Gasteiger partial charge in [0.25, 0.3) is 0 Å². The predicted octanol–water partition coefficient (Wildman–Crippen LogP) is 3.54. The highest BCUT2D eigenvalue weighted by Gasteiger charge is 2.46. The first-order valence-electron chi connectivity index (χ1n) is 9.76. The summed E-state index contributed by atoms with van der Waals surface area (Å²) in [6.07, 6.45) is 4.33. The van der Waals surface area contributed by atoms with E-state index in [0.29, 0.717) is 6.54 Å². The molecule has 0 unspecified atom stereocenters. The Balaban J connectivity index is 1.59. The van der Waals surface area contributed by atoms with Gasteiger partial charge in [-0.3, -0.25) is 4.98 Å². The van der Waals surface area contributed by atoms with Crippen molar-refractivity contribution in [3.05, 3.63) is 72.2 Å². The average Bonchev–Trinajstić information content (AvgIpc) is 3.46. The zero-order chi connectivity index (χ0) is 19.8. The molecule has 0 aliphatic heterocycles. The highest BCUT2D eigenvalue weighted by Crippen LogP contribution is 2.46. The van der Waals surface area contributed by atoms with Crippen molar-refractivity contribution in [3.63, 3.8) is 0 Å². The van der Waals surface area contributed by atoms with Crippen LogP contribution in [0.1, 0.15) is 24.2 Å². The van der Waals surface area contributed by atoms with Crippen molar-refractivity contribution in [2.45, 2.75) is 24.7 Å². The van der Waals surface area contributed by atoms with Gasteiger partial charge >= 0.3 is 0 Å². The first-order valence-corrected chi connectivity index (χ1v) is 9.76. The van der Waals surface area contributed by atoms with E-state index in [4.69, 9.17) is 15.7 Å². The molecule has 1 fully saturated rings. The second-order valence-corrected chi connectivity index (χ2v) is 7.46. The molecule has 2 N–H and O–H groups in total. The van der Waals surface area contributed by atoms with Crippen LogP contribution < -0.4 is 5.73 Å². The van der Waals surface area contributed by atoms with Crippen molar-refractivity contribution >= 4 is 10.9 Å². The summed E-state index contributed by atoms with van der Waals surface area (Å²) in [5.41, 5.74) is 9.95. The molecule has 4 aromatic rings. The van der Waals surface area contributed by atoms with Gasteiger partial charge in [-0.05, 0) is 49.7 Å². The molecule has 3 aromatic heterocycles. The zero-order valence-electron chi connectivity index (χ0n) is 15.9. The lowest BCUT2D eigenvalue weighted by Gasteiger charge is -2.09. The molecular formula is C23H20N6. The van der Waals surface area contributed by atoms with Crippen molar-refractivity contribution in [2.24, 2.45) is 5.73 Å². The number of hydrogen-bond acceptors (Lipinski definition) is 5. The quantitative estimate of drug-likeness (QED) is 0.571. The lowest BCUT2D eigenvalue weighted by Crippen LogP contribution is -2.09. The molecule has 0 amide bonds. The highest BCUT2D eigenvalue weighted by molar-refractivity contribution is 5.84. The van der Waals surface area contributed by atoms with Crippen LogP contribution in [-0.2, 0) is 11.8 Å². The number of nitriles is 1. The van der Waals surface area contributed by atoms with Gasteiger partial charge in [-0.1, -0.05) is 24.3 Å². The molecule has 0 radical (unpaired) electrons. The van der Waals surface area contributed by atoms with Crippen LogP contribution in [0.2, 0.25) is 0 Å². The largest absolute Gasteiger partial charge is 0.330 e. The van der Waals surface area contributed by atoms with Gasteiger partial charge in [-0.2, -0.15) is 10.4 Å². The van der Waals surface area contributed by atoms with Crippen LogP contribution in [-0.4, -0.2) is 26.3 Å². The minimum atomic E-state index is -0.419. The van der Waals surface area contributed by atoms with Crippen LogP contribution in [0.15, 0.2) is 60.8 Å². The first-order chi connectivity index (χ1) is 14.2. The summed E-state index contributed by atoms with van der Waals surface area (Å²) in [4.78, 5) is 9.49. The Kier molecular flexibility index (Phi) is 4.11. The number of pyridine rings is 2. The third kappa shape index (κ3) is 3.06. The second-order valence-electron chi connectivity index (χ2n) is 7.46. The summed E-state index contributed by atoms with van der Waals surface area (Å²) in [7, 11) is 0. The van der Waals surface area contributed by atoms with E-state index < -0.39 is 5.41 Å². The van der Waals surface area contributed by atoms with Gasteiger partial charge in [-0.15, -0.1) is 0 Å². The van der Waals surface area contributed by atoms with Crippen molar-refractivity contribution in [3.8, 4) is 23.1 Å². The summed E-state index contributed by atoms with van der Waals surface area (Å²) in [6, 6.07) is 20.4. The van der Waals surface area contributed by atoms with Crippen molar-refractivity contribution in [1.29, 1.82) is 5.26 Å². The summed E-state index contributed by atoms with van der Waals surface area (Å²) in [6.45, 7) is 0.578. The third-order valence-electron chi connectivity index (χ3n) is 5.48. The Morgan fingerprint density at radius 2 is 1.93 bits per heavy atom. The first kappa shape index (κ1) is 17.5. The monoisotopic (exact) mass is 380 g/mol. The maximum Gasteiger partial charge on any atom is 0.154 e. The topological polar surface area (TPSA) is 93.4 Å². The molecule has 142 valence electrons. The van der Waals surface area contributed by atoms with Crippen LogP contribution in [0.4, 0.5) is 0 Å². The highest BCUT2D eigenvalue weighted by atomic mass is 15.3. The van der Waals surface area contributed by atoms with E-state index in [-0.39, 0.29) is 0 Å². The SMILES string of the molecule is N#CC1(c2cccc(-n3ncc4ccc(-c5cccc(CCN)n5)cc43)n2)CC1. The van der Waals surface area contributed by atoms with Gasteiger partial charge in [0.15, 0.2) is 5.82 Å². The standard InChI is InChI=1S/C23H20N6/c24-12-9-18-3-1-4-19(27-18)16-7-8-17-14-26-29(20(17)13-16)22-6-2-5-21(28-22)23(15-25)10-11-23/h1-8,13-14H,9-12,24H2. The van der Waals surface area contributed by atoms with Gasteiger partial charge in [0.1, 0.15) is 0 Å². The zero-order valence-corrected chi connectivity index (χ0v) is 15.9. The molecule has 0 spiro atoms. The molecule has 3 heterocycles. The Bertz CT molecular complexity index is 1250. The molecule has 0 bridgehead atoms. The number of rotatable bonds is 5. The van der Waals surface area contributed by atoms with Crippen molar-refractivity contribution < 1.29 is 0 Å². The molecule has 1 saturated carbocycles. The molecule has 0 saturated heterocycles. The molecule has 0 atom stereocenters. The Morgan fingerprint density at radius 1 is 1.07 bits per heavy atom. The smallest absolute Gasteiger partial charge is 0.154 e. The summed E-state index contributed by atoms with van der Waals surface area (Å²) in [5, 5.41) is 15.1. The van der Waals surface area contributed by atoms with Crippen LogP contribution in [0, 0.1) is 11.3 Å². The third-order valence-corrected chi connectivity index (χ3v) is 5.48. The van der Waals surface area contributed by atoms with Gasteiger partial charge in [0.2, 0.25) is 0 Å². The van der Waals surface area contributed by atoms with E-state index in [1.807, 2.05) is 53.3 Å².